The van der Waals surface area contributed by atoms with E-state index in [1.807, 2.05) is 11.8 Å². The molecule has 1 fully saturated rings. The molecule has 0 aromatic carbocycles. The highest BCUT2D eigenvalue weighted by Gasteiger charge is 2.27. The van der Waals surface area contributed by atoms with Crippen molar-refractivity contribution >= 4 is 17.5 Å². The summed E-state index contributed by atoms with van der Waals surface area (Å²) in [6.07, 6.45) is 1.14. The molecule has 0 amide bonds. The number of pyridine rings is 1. The number of piperidine rings is 1. The SMILES string of the molecule is CC1CN(c2cc(C(=O)O)c([N+](=O)[O-])cn2)CCC1O. The first kappa shape index (κ1) is 14.2. The minimum Gasteiger partial charge on any atom is -0.477 e. The molecule has 1 aliphatic rings. The van der Waals surface area contributed by atoms with E-state index in [2.05, 4.69) is 4.98 Å². The van der Waals surface area contributed by atoms with Gasteiger partial charge in [0.15, 0.2) is 0 Å². The number of nitro groups is 1. The summed E-state index contributed by atoms with van der Waals surface area (Å²) >= 11 is 0. The fraction of sp³-hybridized carbons (Fsp3) is 0.500. The lowest BCUT2D eigenvalue weighted by Crippen LogP contribution is -2.42. The van der Waals surface area contributed by atoms with E-state index in [0.717, 1.165) is 6.20 Å². The first-order valence-electron chi connectivity index (χ1n) is 6.21. The van der Waals surface area contributed by atoms with Gasteiger partial charge in [0.25, 0.3) is 0 Å². The van der Waals surface area contributed by atoms with Crippen molar-refractivity contribution in [2.75, 3.05) is 18.0 Å². The summed E-state index contributed by atoms with van der Waals surface area (Å²) < 4.78 is 0. The zero-order chi connectivity index (χ0) is 14.9. The fourth-order valence-electron chi connectivity index (χ4n) is 2.27. The zero-order valence-electron chi connectivity index (χ0n) is 10.9. The number of aromatic nitrogens is 1. The van der Waals surface area contributed by atoms with Gasteiger partial charge < -0.3 is 15.1 Å². The number of aliphatic hydroxyl groups is 1. The van der Waals surface area contributed by atoms with Crippen LogP contribution in [-0.2, 0) is 0 Å². The van der Waals surface area contributed by atoms with E-state index in [1.54, 1.807) is 0 Å². The highest BCUT2D eigenvalue weighted by Crippen LogP contribution is 2.26. The monoisotopic (exact) mass is 281 g/mol. The fourth-order valence-corrected chi connectivity index (χ4v) is 2.27. The van der Waals surface area contributed by atoms with Crippen LogP contribution in [0.4, 0.5) is 11.5 Å². The summed E-state index contributed by atoms with van der Waals surface area (Å²) in [5.74, 6) is -0.939. The van der Waals surface area contributed by atoms with E-state index in [9.17, 15) is 20.0 Å². The van der Waals surface area contributed by atoms with Crippen molar-refractivity contribution in [1.82, 2.24) is 4.98 Å². The maximum atomic E-state index is 11.1. The van der Waals surface area contributed by atoms with Crippen molar-refractivity contribution in [3.63, 3.8) is 0 Å². The Bertz CT molecular complexity index is 548. The van der Waals surface area contributed by atoms with Gasteiger partial charge in [-0.3, -0.25) is 10.1 Å². The second-order valence-corrected chi connectivity index (χ2v) is 4.90. The summed E-state index contributed by atoms with van der Waals surface area (Å²) in [6, 6.07) is 1.21. The Balaban J connectivity index is 2.32. The Hall–Kier alpha value is -2.22. The number of nitrogens with zero attached hydrogens (tertiary/aromatic N) is 3. The molecular formula is C12H15N3O5. The van der Waals surface area contributed by atoms with Crippen molar-refractivity contribution in [3.05, 3.63) is 27.9 Å². The number of rotatable bonds is 3. The highest BCUT2D eigenvalue weighted by molar-refractivity contribution is 5.93. The van der Waals surface area contributed by atoms with Gasteiger partial charge in [-0.05, 0) is 12.3 Å². The van der Waals surface area contributed by atoms with E-state index >= 15 is 0 Å². The van der Waals surface area contributed by atoms with Crippen LogP contribution in [0, 0.1) is 16.0 Å². The molecular weight excluding hydrogens is 266 g/mol. The molecule has 20 heavy (non-hydrogen) atoms. The second kappa shape index (κ2) is 5.41. The Morgan fingerprint density at radius 3 is 2.85 bits per heavy atom. The first-order chi connectivity index (χ1) is 9.40. The van der Waals surface area contributed by atoms with Crippen LogP contribution < -0.4 is 4.90 Å². The average molecular weight is 281 g/mol. The molecule has 1 aromatic rings. The molecule has 108 valence electrons. The molecule has 0 aliphatic carbocycles. The average Bonchev–Trinajstić information content (AvgIpc) is 2.41. The van der Waals surface area contributed by atoms with Crippen LogP contribution in [0.15, 0.2) is 12.3 Å². The van der Waals surface area contributed by atoms with E-state index in [-0.39, 0.29) is 17.6 Å². The number of carboxylic acids is 1. The molecule has 8 nitrogen and oxygen atoms in total. The molecule has 1 saturated heterocycles. The van der Waals surface area contributed by atoms with Gasteiger partial charge >= 0.3 is 11.7 Å². The van der Waals surface area contributed by atoms with E-state index < -0.39 is 16.6 Å². The molecule has 0 bridgehead atoms. The number of hydrogen-bond acceptors (Lipinski definition) is 6. The van der Waals surface area contributed by atoms with Crippen molar-refractivity contribution in [1.29, 1.82) is 0 Å². The number of anilines is 1. The molecule has 2 atom stereocenters. The minimum absolute atomic E-state index is 0.0361. The third kappa shape index (κ3) is 2.69. The number of carbonyl (C=O) groups is 1. The molecule has 0 saturated carbocycles. The van der Waals surface area contributed by atoms with E-state index in [1.165, 1.54) is 6.07 Å². The van der Waals surface area contributed by atoms with Gasteiger partial charge in [0.2, 0.25) is 0 Å². The number of aliphatic hydroxyl groups excluding tert-OH is 1. The van der Waals surface area contributed by atoms with Gasteiger partial charge in [-0.1, -0.05) is 6.92 Å². The van der Waals surface area contributed by atoms with Crippen molar-refractivity contribution in [2.24, 2.45) is 5.92 Å². The zero-order valence-corrected chi connectivity index (χ0v) is 10.9. The summed E-state index contributed by atoms with van der Waals surface area (Å²) in [5.41, 5.74) is -0.898. The lowest BCUT2D eigenvalue weighted by atomic mass is 9.97. The summed E-state index contributed by atoms with van der Waals surface area (Å²) in [5, 5.41) is 29.5. The minimum atomic E-state index is -1.36. The Morgan fingerprint density at radius 2 is 2.30 bits per heavy atom. The van der Waals surface area contributed by atoms with Crippen molar-refractivity contribution in [3.8, 4) is 0 Å². The maximum Gasteiger partial charge on any atom is 0.342 e. The molecule has 1 aromatic heterocycles. The van der Waals surface area contributed by atoms with Gasteiger partial charge in [-0.25, -0.2) is 9.78 Å². The van der Waals surface area contributed by atoms with E-state index in [4.69, 9.17) is 5.11 Å². The lowest BCUT2D eigenvalue weighted by molar-refractivity contribution is -0.385. The number of aromatic carboxylic acids is 1. The van der Waals surface area contributed by atoms with Crippen LogP contribution >= 0.6 is 0 Å². The molecule has 0 radical (unpaired) electrons. The standard InChI is InChI=1S/C12H15N3O5/c1-7-6-14(3-2-10(7)16)11-4-8(12(17)18)9(5-13-11)15(19)20/h4-5,7,10,16H,2-3,6H2,1H3,(H,17,18). The molecule has 2 unspecified atom stereocenters. The molecule has 2 rings (SSSR count). The third-order valence-electron chi connectivity index (χ3n) is 3.48. The van der Waals surface area contributed by atoms with Crippen molar-refractivity contribution in [2.45, 2.75) is 19.4 Å². The molecule has 8 heteroatoms. The van der Waals surface area contributed by atoms with Gasteiger partial charge in [-0.15, -0.1) is 0 Å². The van der Waals surface area contributed by atoms with E-state index in [0.29, 0.717) is 25.3 Å². The van der Waals surface area contributed by atoms with Crippen LogP contribution in [0.5, 0.6) is 0 Å². The molecule has 2 N–H and O–H groups in total. The Labute approximate surface area is 114 Å². The van der Waals surface area contributed by atoms with Gasteiger partial charge in [0.1, 0.15) is 17.6 Å². The molecule has 2 heterocycles. The summed E-state index contributed by atoms with van der Waals surface area (Å²) in [6.45, 7) is 2.96. The normalized spacial score (nSPS) is 22.6. The quantitative estimate of drug-likeness (QED) is 0.624. The maximum absolute atomic E-state index is 11.1. The molecule has 1 aliphatic heterocycles. The van der Waals surface area contributed by atoms with Crippen LogP contribution in [0.1, 0.15) is 23.7 Å². The smallest absolute Gasteiger partial charge is 0.342 e. The van der Waals surface area contributed by atoms with Crippen LogP contribution in [0.25, 0.3) is 0 Å². The van der Waals surface area contributed by atoms with Crippen LogP contribution in [0.2, 0.25) is 0 Å². The predicted octanol–water partition coefficient (Wildman–Crippen LogP) is 0.895. The Kier molecular flexibility index (Phi) is 3.84. The van der Waals surface area contributed by atoms with Crippen molar-refractivity contribution < 1.29 is 19.9 Å². The largest absolute Gasteiger partial charge is 0.477 e. The lowest BCUT2D eigenvalue weighted by Gasteiger charge is -2.35. The molecule has 0 spiro atoms. The van der Waals surface area contributed by atoms with Gasteiger partial charge in [0.05, 0.1) is 11.0 Å². The summed E-state index contributed by atoms with van der Waals surface area (Å²) in [7, 11) is 0. The third-order valence-corrected chi connectivity index (χ3v) is 3.48. The number of carboxylic acid groups (broad SMARTS) is 1. The summed E-state index contributed by atoms with van der Waals surface area (Å²) in [4.78, 5) is 26.9. The number of hydrogen-bond donors (Lipinski definition) is 2. The van der Waals surface area contributed by atoms with Crippen LogP contribution in [0.3, 0.4) is 0 Å². The Morgan fingerprint density at radius 1 is 1.60 bits per heavy atom. The first-order valence-corrected chi connectivity index (χ1v) is 6.21. The second-order valence-electron chi connectivity index (χ2n) is 4.90. The van der Waals surface area contributed by atoms with Gasteiger partial charge in [-0.2, -0.15) is 0 Å². The highest BCUT2D eigenvalue weighted by atomic mass is 16.6. The topological polar surface area (TPSA) is 117 Å². The van der Waals surface area contributed by atoms with Gasteiger partial charge in [0, 0.05) is 19.2 Å². The predicted molar refractivity (Wildman–Crippen MR) is 69.9 cm³/mol. The van der Waals surface area contributed by atoms with Crippen LogP contribution in [-0.4, -0.2) is 45.3 Å².